The van der Waals surface area contributed by atoms with E-state index in [2.05, 4.69) is 5.32 Å². The highest BCUT2D eigenvalue weighted by Gasteiger charge is 2.06. The molecule has 0 spiro atoms. The number of ether oxygens (including phenoxy) is 1. The number of carbonyl (C=O) groups excluding carboxylic acids is 1. The fraction of sp³-hybridized carbons (Fsp3) is 0.316. The van der Waals surface area contributed by atoms with Gasteiger partial charge in [-0.3, -0.25) is 4.79 Å². The van der Waals surface area contributed by atoms with Crippen LogP contribution in [0, 0.1) is 13.8 Å². The molecule has 2 aromatic rings. The zero-order chi connectivity index (χ0) is 17.4. The van der Waals surface area contributed by atoms with E-state index in [4.69, 9.17) is 16.3 Å². The molecule has 0 saturated heterocycles. The van der Waals surface area contributed by atoms with Gasteiger partial charge in [-0.05, 0) is 67.5 Å². The van der Waals surface area contributed by atoms with Crippen molar-refractivity contribution in [3.8, 4) is 5.75 Å². The average molecular weight is 364 g/mol. The lowest BCUT2D eigenvalue weighted by atomic mass is 10.1. The number of hydrogen-bond acceptors (Lipinski definition) is 3. The van der Waals surface area contributed by atoms with Gasteiger partial charge in [-0.1, -0.05) is 23.7 Å². The van der Waals surface area contributed by atoms with Crippen molar-refractivity contribution in [2.45, 2.75) is 20.3 Å². The molecule has 0 saturated carbocycles. The largest absolute Gasteiger partial charge is 0.494 e. The van der Waals surface area contributed by atoms with Crippen LogP contribution in [-0.4, -0.2) is 24.0 Å². The Labute approximate surface area is 152 Å². The van der Waals surface area contributed by atoms with Gasteiger partial charge in [0.2, 0.25) is 5.91 Å². The lowest BCUT2D eigenvalue weighted by Gasteiger charge is -2.10. The lowest BCUT2D eigenvalue weighted by molar-refractivity contribution is -0.113. The summed E-state index contributed by atoms with van der Waals surface area (Å²) in [6, 6.07) is 13.3. The van der Waals surface area contributed by atoms with Crippen LogP contribution >= 0.6 is 23.4 Å². The van der Waals surface area contributed by atoms with Gasteiger partial charge in [-0.15, -0.1) is 0 Å². The monoisotopic (exact) mass is 363 g/mol. The number of anilines is 1. The van der Waals surface area contributed by atoms with E-state index in [1.165, 1.54) is 5.56 Å². The number of halogens is 1. The number of rotatable bonds is 8. The third-order valence-electron chi connectivity index (χ3n) is 3.63. The molecule has 0 atom stereocenters. The number of aryl methyl sites for hydroxylation is 1. The van der Waals surface area contributed by atoms with Crippen molar-refractivity contribution in [2.75, 3.05) is 23.4 Å². The molecule has 0 bridgehead atoms. The summed E-state index contributed by atoms with van der Waals surface area (Å²) in [5.41, 5.74) is 3.19. The number of benzene rings is 2. The smallest absolute Gasteiger partial charge is 0.234 e. The Morgan fingerprint density at radius 2 is 1.92 bits per heavy atom. The van der Waals surface area contributed by atoms with Crippen LogP contribution in [0.3, 0.4) is 0 Å². The minimum atomic E-state index is 0.0346. The first-order valence-corrected chi connectivity index (χ1v) is 9.41. The van der Waals surface area contributed by atoms with Crippen molar-refractivity contribution in [1.29, 1.82) is 0 Å². The molecule has 0 fully saturated rings. The molecular weight excluding hydrogens is 342 g/mol. The maximum Gasteiger partial charge on any atom is 0.234 e. The van der Waals surface area contributed by atoms with Gasteiger partial charge >= 0.3 is 0 Å². The van der Waals surface area contributed by atoms with E-state index in [1.54, 1.807) is 11.8 Å². The van der Waals surface area contributed by atoms with E-state index in [1.807, 2.05) is 56.3 Å². The molecule has 0 aliphatic carbocycles. The van der Waals surface area contributed by atoms with Gasteiger partial charge < -0.3 is 10.1 Å². The Hall–Kier alpha value is -1.65. The molecule has 1 amide bonds. The van der Waals surface area contributed by atoms with Crippen molar-refractivity contribution in [3.63, 3.8) is 0 Å². The summed E-state index contributed by atoms with van der Waals surface area (Å²) in [6.07, 6.45) is 0.893. The Balaban J connectivity index is 1.61. The van der Waals surface area contributed by atoms with Gasteiger partial charge in [-0.25, -0.2) is 0 Å². The van der Waals surface area contributed by atoms with Crippen LogP contribution in [-0.2, 0) is 4.79 Å². The summed E-state index contributed by atoms with van der Waals surface area (Å²) >= 11 is 7.44. The highest BCUT2D eigenvalue weighted by molar-refractivity contribution is 7.99. The standard InChI is InChI=1S/C19H22ClNO2S/c1-14-5-3-6-18(15(14)2)21-19(22)13-24-12-4-11-23-17-9-7-16(20)8-10-17/h3,5-10H,4,11-13H2,1-2H3,(H,21,22). The zero-order valence-electron chi connectivity index (χ0n) is 14.0. The van der Waals surface area contributed by atoms with Crippen LogP contribution in [0.25, 0.3) is 0 Å². The molecule has 128 valence electrons. The van der Waals surface area contributed by atoms with Crippen LogP contribution in [0.2, 0.25) is 5.02 Å². The molecule has 5 heteroatoms. The van der Waals surface area contributed by atoms with Crippen molar-refractivity contribution >= 4 is 35.0 Å². The van der Waals surface area contributed by atoms with Crippen LogP contribution in [0.4, 0.5) is 5.69 Å². The van der Waals surface area contributed by atoms with Gasteiger partial charge in [0.05, 0.1) is 12.4 Å². The predicted octanol–water partition coefficient (Wildman–Crippen LogP) is 5.10. The normalized spacial score (nSPS) is 10.5. The molecule has 0 radical (unpaired) electrons. The number of nitrogens with one attached hydrogen (secondary N) is 1. The van der Waals surface area contributed by atoms with Crippen LogP contribution in [0.1, 0.15) is 17.5 Å². The first kappa shape index (κ1) is 18.7. The van der Waals surface area contributed by atoms with Crippen LogP contribution < -0.4 is 10.1 Å². The van der Waals surface area contributed by atoms with Gasteiger partial charge in [0.15, 0.2) is 0 Å². The van der Waals surface area contributed by atoms with E-state index in [0.717, 1.165) is 29.2 Å². The summed E-state index contributed by atoms with van der Waals surface area (Å²) in [6.45, 7) is 4.69. The van der Waals surface area contributed by atoms with Gasteiger partial charge in [-0.2, -0.15) is 11.8 Å². The Bertz CT molecular complexity index is 674. The zero-order valence-corrected chi connectivity index (χ0v) is 15.5. The average Bonchev–Trinajstić information content (AvgIpc) is 2.57. The topological polar surface area (TPSA) is 38.3 Å². The molecule has 2 rings (SSSR count). The summed E-state index contributed by atoms with van der Waals surface area (Å²) in [5, 5.41) is 3.67. The predicted molar refractivity (Wildman–Crippen MR) is 103 cm³/mol. The van der Waals surface area contributed by atoms with Crippen molar-refractivity contribution < 1.29 is 9.53 Å². The first-order valence-electron chi connectivity index (χ1n) is 7.88. The quantitative estimate of drug-likeness (QED) is 0.663. The highest BCUT2D eigenvalue weighted by Crippen LogP contribution is 2.18. The summed E-state index contributed by atoms with van der Waals surface area (Å²) in [5.74, 6) is 2.19. The Morgan fingerprint density at radius 1 is 1.17 bits per heavy atom. The van der Waals surface area contributed by atoms with E-state index >= 15 is 0 Å². The van der Waals surface area contributed by atoms with Gasteiger partial charge in [0.25, 0.3) is 0 Å². The first-order chi connectivity index (χ1) is 11.6. The van der Waals surface area contributed by atoms with Gasteiger partial charge in [0, 0.05) is 10.7 Å². The second-order valence-electron chi connectivity index (χ2n) is 5.50. The molecule has 3 nitrogen and oxygen atoms in total. The SMILES string of the molecule is Cc1cccc(NC(=O)CSCCCOc2ccc(Cl)cc2)c1C. The van der Waals surface area contributed by atoms with E-state index < -0.39 is 0 Å². The van der Waals surface area contributed by atoms with Crippen LogP contribution in [0.5, 0.6) is 5.75 Å². The highest BCUT2D eigenvalue weighted by atomic mass is 35.5. The second kappa shape index (κ2) is 9.60. The summed E-state index contributed by atoms with van der Waals surface area (Å²) in [7, 11) is 0. The lowest BCUT2D eigenvalue weighted by Crippen LogP contribution is -2.15. The Kier molecular flexibility index (Phi) is 7.47. The number of amides is 1. The van der Waals surface area contributed by atoms with Crippen molar-refractivity contribution in [2.24, 2.45) is 0 Å². The number of thioether (sulfide) groups is 1. The third kappa shape index (κ3) is 6.10. The van der Waals surface area contributed by atoms with E-state index in [-0.39, 0.29) is 5.91 Å². The number of hydrogen-bond donors (Lipinski definition) is 1. The molecule has 1 N–H and O–H groups in total. The molecule has 0 aromatic heterocycles. The molecule has 0 aliphatic rings. The molecule has 24 heavy (non-hydrogen) atoms. The van der Waals surface area contributed by atoms with Gasteiger partial charge in [0.1, 0.15) is 5.75 Å². The number of carbonyl (C=O) groups is 1. The molecule has 0 aliphatic heterocycles. The maximum absolute atomic E-state index is 12.0. The van der Waals surface area contributed by atoms with Crippen LogP contribution in [0.15, 0.2) is 42.5 Å². The fourth-order valence-electron chi connectivity index (χ4n) is 2.12. The third-order valence-corrected chi connectivity index (χ3v) is 4.92. The molecular formula is C19H22ClNO2S. The second-order valence-corrected chi connectivity index (χ2v) is 7.05. The molecule has 0 heterocycles. The fourth-order valence-corrected chi connectivity index (χ4v) is 2.97. The maximum atomic E-state index is 12.0. The Morgan fingerprint density at radius 3 is 2.67 bits per heavy atom. The van der Waals surface area contributed by atoms with Crippen molar-refractivity contribution in [3.05, 3.63) is 58.6 Å². The minimum Gasteiger partial charge on any atom is -0.494 e. The summed E-state index contributed by atoms with van der Waals surface area (Å²) in [4.78, 5) is 12.0. The molecule has 2 aromatic carbocycles. The van der Waals surface area contributed by atoms with E-state index in [0.29, 0.717) is 17.4 Å². The van der Waals surface area contributed by atoms with E-state index in [9.17, 15) is 4.79 Å². The molecule has 0 unspecified atom stereocenters. The minimum absolute atomic E-state index is 0.0346. The van der Waals surface area contributed by atoms with Crippen molar-refractivity contribution in [1.82, 2.24) is 0 Å². The summed E-state index contributed by atoms with van der Waals surface area (Å²) < 4.78 is 5.62.